The highest BCUT2D eigenvalue weighted by Gasteiger charge is 2.21. The van der Waals surface area contributed by atoms with Gasteiger partial charge in [0.2, 0.25) is 0 Å². The summed E-state index contributed by atoms with van der Waals surface area (Å²) >= 11 is 3.59. The summed E-state index contributed by atoms with van der Waals surface area (Å²) in [6, 6.07) is 4.75. The van der Waals surface area contributed by atoms with Crippen LogP contribution in [0.25, 0.3) is 0 Å². The van der Waals surface area contributed by atoms with Crippen molar-refractivity contribution in [1.82, 2.24) is 0 Å². The molecule has 1 aromatic carbocycles. The lowest BCUT2D eigenvalue weighted by Gasteiger charge is -2.29. The van der Waals surface area contributed by atoms with Gasteiger partial charge in [0.15, 0.2) is 11.5 Å². The van der Waals surface area contributed by atoms with Crippen molar-refractivity contribution in [2.45, 2.75) is 37.8 Å². The molecular weight excluding hydrogens is 308 g/mol. The molecule has 2 aliphatic rings. The number of nitrogens with one attached hydrogen (secondary N) is 1. The Balaban J connectivity index is 1.76. The molecule has 3 rings (SSSR count). The van der Waals surface area contributed by atoms with E-state index in [9.17, 15) is 0 Å². The molecule has 3 N–H and O–H groups in total. The quantitative estimate of drug-likeness (QED) is 0.877. The number of rotatable bonds is 2. The lowest BCUT2D eigenvalue weighted by Crippen LogP contribution is -2.35. The minimum absolute atomic E-state index is 0.322. The minimum Gasteiger partial charge on any atom is -0.486 e. The topological polar surface area (TPSA) is 56.5 Å². The van der Waals surface area contributed by atoms with Gasteiger partial charge in [-0.1, -0.05) is 0 Å². The summed E-state index contributed by atoms with van der Waals surface area (Å²) in [5.74, 6) is 1.63. The second-order valence-electron chi connectivity index (χ2n) is 5.24. The second-order valence-corrected chi connectivity index (χ2v) is 6.10. The van der Waals surface area contributed by atoms with E-state index in [2.05, 4.69) is 21.2 Å². The van der Waals surface area contributed by atoms with Crippen LogP contribution in [0.2, 0.25) is 0 Å². The molecule has 104 valence electrons. The zero-order chi connectivity index (χ0) is 13.2. The van der Waals surface area contributed by atoms with Crippen LogP contribution in [0.15, 0.2) is 16.6 Å². The molecule has 0 spiro atoms. The molecule has 1 aliphatic carbocycles. The van der Waals surface area contributed by atoms with Gasteiger partial charge in [0.25, 0.3) is 0 Å². The van der Waals surface area contributed by atoms with E-state index in [-0.39, 0.29) is 0 Å². The van der Waals surface area contributed by atoms with Crippen LogP contribution in [0.5, 0.6) is 11.5 Å². The Morgan fingerprint density at radius 1 is 1.16 bits per heavy atom. The minimum atomic E-state index is 0.322. The summed E-state index contributed by atoms with van der Waals surface area (Å²) in [4.78, 5) is 0. The summed E-state index contributed by atoms with van der Waals surface area (Å²) in [6.07, 6.45) is 4.54. The van der Waals surface area contributed by atoms with Gasteiger partial charge in [-0.3, -0.25) is 0 Å². The number of benzene rings is 1. The molecule has 4 nitrogen and oxygen atoms in total. The summed E-state index contributed by atoms with van der Waals surface area (Å²) < 4.78 is 12.2. The summed E-state index contributed by atoms with van der Waals surface area (Å²) in [5.41, 5.74) is 7.09. The standard InChI is InChI=1S/C14H19BrN2O2/c15-11-7-13-14(19-5-4-18-13)8-12(11)17-10-3-1-2-9(16)6-10/h7-10,17H,1-6,16H2. The van der Waals surface area contributed by atoms with Gasteiger partial charge < -0.3 is 20.5 Å². The fraction of sp³-hybridized carbons (Fsp3) is 0.571. The lowest BCUT2D eigenvalue weighted by atomic mass is 9.91. The molecule has 1 aliphatic heterocycles. The van der Waals surface area contributed by atoms with Crippen molar-refractivity contribution in [2.24, 2.45) is 5.73 Å². The zero-order valence-corrected chi connectivity index (χ0v) is 12.4. The SMILES string of the molecule is NC1CCCC(Nc2cc3c(cc2Br)OCCO3)C1. The fourth-order valence-electron chi connectivity index (χ4n) is 2.75. The number of ether oxygens (including phenoxy) is 2. The Bertz CT molecular complexity index is 467. The maximum Gasteiger partial charge on any atom is 0.163 e. The van der Waals surface area contributed by atoms with E-state index in [1.165, 1.54) is 12.8 Å². The zero-order valence-electron chi connectivity index (χ0n) is 10.8. The van der Waals surface area contributed by atoms with Crippen LogP contribution in [-0.2, 0) is 0 Å². The van der Waals surface area contributed by atoms with Crippen molar-refractivity contribution >= 4 is 21.6 Å². The normalized spacial score (nSPS) is 26.0. The maximum atomic E-state index is 6.03. The van der Waals surface area contributed by atoms with Gasteiger partial charge in [-0.25, -0.2) is 0 Å². The molecule has 1 aromatic rings. The van der Waals surface area contributed by atoms with Crippen molar-refractivity contribution in [3.8, 4) is 11.5 Å². The van der Waals surface area contributed by atoms with E-state index >= 15 is 0 Å². The Hall–Kier alpha value is -0.940. The first-order valence-electron chi connectivity index (χ1n) is 6.83. The van der Waals surface area contributed by atoms with Gasteiger partial charge in [-0.2, -0.15) is 0 Å². The van der Waals surface area contributed by atoms with Crippen molar-refractivity contribution in [2.75, 3.05) is 18.5 Å². The monoisotopic (exact) mass is 326 g/mol. The van der Waals surface area contributed by atoms with Crippen LogP contribution >= 0.6 is 15.9 Å². The highest BCUT2D eigenvalue weighted by Crippen LogP contribution is 2.39. The Morgan fingerprint density at radius 2 is 1.89 bits per heavy atom. The number of hydrogen-bond donors (Lipinski definition) is 2. The van der Waals surface area contributed by atoms with Crippen molar-refractivity contribution in [3.63, 3.8) is 0 Å². The van der Waals surface area contributed by atoms with Crippen molar-refractivity contribution in [3.05, 3.63) is 16.6 Å². The molecule has 5 heteroatoms. The first-order valence-corrected chi connectivity index (χ1v) is 7.63. The fourth-order valence-corrected chi connectivity index (χ4v) is 3.19. The van der Waals surface area contributed by atoms with E-state index in [1.807, 2.05) is 12.1 Å². The van der Waals surface area contributed by atoms with Crippen LogP contribution < -0.4 is 20.5 Å². The predicted octanol–water partition coefficient (Wildman–Crippen LogP) is 2.90. The molecule has 1 saturated carbocycles. The van der Waals surface area contributed by atoms with Gasteiger partial charge in [0.05, 0.1) is 5.69 Å². The Morgan fingerprint density at radius 3 is 2.63 bits per heavy atom. The molecule has 2 unspecified atom stereocenters. The second kappa shape index (κ2) is 5.59. The smallest absolute Gasteiger partial charge is 0.163 e. The van der Waals surface area contributed by atoms with E-state index in [0.29, 0.717) is 25.3 Å². The van der Waals surface area contributed by atoms with Crippen LogP contribution in [0, 0.1) is 0 Å². The molecule has 1 heterocycles. The number of halogens is 1. The molecule has 0 bridgehead atoms. The van der Waals surface area contributed by atoms with Gasteiger partial charge >= 0.3 is 0 Å². The summed E-state index contributed by atoms with van der Waals surface area (Å²) in [5, 5.41) is 3.57. The molecule has 0 aromatic heterocycles. The van der Waals surface area contributed by atoms with Gasteiger partial charge in [0, 0.05) is 28.7 Å². The Kier molecular flexibility index (Phi) is 3.84. The van der Waals surface area contributed by atoms with E-state index in [1.54, 1.807) is 0 Å². The third-order valence-corrected chi connectivity index (χ3v) is 4.36. The third-order valence-electron chi connectivity index (χ3n) is 3.71. The van der Waals surface area contributed by atoms with Gasteiger partial charge in [-0.15, -0.1) is 0 Å². The van der Waals surface area contributed by atoms with Crippen molar-refractivity contribution in [1.29, 1.82) is 0 Å². The molecule has 2 atom stereocenters. The average molecular weight is 327 g/mol. The number of anilines is 1. The van der Waals surface area contributed by atoms with Gasteiger partial charge in [0.1, 0.15) is 13.2 Å². The first-order chi connectivity index (χ1) is 9.22. The Labute approximate surface area is 121 Å². The van der Waals surface area contributed by atoms with Crippen LogP contribution in [0.1, 0.15) is 25.7 Å². The van der Waals surface area contributed by atoms with E-state index in [0.717, 1.165) is 34.5 Å². The van der Waals surface area contributed by atoms with Crippen molar-refractivity contribution < 1.29 is 9.47 Å². The molecule has 0 saturated heterocycles. The van der Waals surface area contributed by atoms with Gasteiger partial charge in [-0.05, 0) is 41.6 Å². The van der Waals surface area contributed by atoms with E-state index in [4.69, 9.17) is 15.2 Å². The largest absolute Gasteiger partial charge is 0.486 e. The predicted molar refractivity (Wildman–Crippen MR) is 79.0 cm³/mol. The summed E-state index contributed by atoms with van der Waals surface area (Å²) in [7, 11) is 0. The molecular formula is C14H19BrN2O2. The molecule has 19 heavy (non-hydrogen) atoms. The number of nitrogens with two attached hydrogens (primary N) is 1. The number of hydrogen-bond acceptors (Lipinski definition) is 4. The molecule has 0 radical (unpaired) electrons. The molecule has 0 amide bonds. The van der Waals surface area contributed by atoms with Crippen LogP contribution in [0.4, 0.5) is 5.69 Å². The molecule has 1 fully saturated rings. The number of fused-ring (bicyclic) bond motifs is 1. The maximum absolute atomic E-state index is 6.03. The van der Waals surface area contributed by atoms with Crippen LogP contribution in [-0.4, -0.2) is 25.3 Å². The highest BCUT2D eigenvalue weighted by atomic mass is 79.9. The summed E-state index contributed by atoms with van der Waals surface area (Å²) in [6.45, 7) is 1.23. The van der Waals surface area contributed by atoms with Crippen LogP contribution in [0.3, 0.4) is 0 Å². The highest BCUT2D eigenvalue weighted by molar-refractivity contribution is 9.10. The average Bonchev–Trinajstić information content (AvgIpc) is 2.40. The lowest BCUT2D eigenvalue weighted by molar-refractivity contribution is 0.171. The first kappa shape index (κ1) is 13.1. The van der Waals surface area contributed by atoms with E-state index < -0.39 is 0 Å². The third kappa shape index (κ3) is 2.98.